The Balaban J connectivity index is 1.75. The first-order chi connectivity index (χ1) is 10.3. The van der Waals surface area contributed by atoms with Gasteiger partial charge in [-0.1, -0.05) is 57.2 Å². The van der Waals surface area contributed by atoms with E-state index in [1.54, 1.807) is 0 Å². The second-order valence-corrected chi connectivity index (χ2v) is 6.48. The third-order valence-electron chi connectivity index (χ3n) is 5.01. The zero-order chi connectivity index (χ0) is 14.7. The van der Waals surface area contributed by atoms with Gasteiger partial charge in [-0.15, -0.1) is 0 Å². The minimum absolute atomic E-state index is 0.116. The van der Waals surface area contributed by atoms with Crippen molar-refractivity contribution in [3.63, 3.8) is 0 Å². The molecule has 114 valence electrons. The third-order valence-corrected chi connectivity index (χ3v) is 5.01. The highest BCUT2D eigenvalue weighted by Gasteiger charge is 2.21. The molecular weight excluding hydrogens is 258 g/mol. The van der Waals surface area contributed by atoms with Crippen LogP contribution in [0.15, 0.2) is 28.7 Å². The molecule has 1 unspecified atom stereocenters. The molecule has 1 atom stereocenters. The van der Waals surface area contributed by atoms with Crippen molar-refractivity contribution in [3.8, 4) is 0 Å². The SMILES string of the molecule is CCc1oc2ccccc2c1C(N)CCC1CCCCC1. The Bertz CT molecular complexity index is 580. The van der Waals surface area contributed by atoms with Crippen LogP contribution in [-0.4, -0.2) is 0 Å². The van der Waals surface area contributed by atoms with Crippen LogP contribution >= 0.6 is 0 Å². The van der Waals surface area contributed by atoms with Crippen molar-refractivity contribution >= 4 is 11.0 Å². The normalized spacial score (nSPS) is 18.2. The van der Waals surface area contributed by atoms with Gasteiger partial charge in [0.2, 0.25) is 0 Å². The van der Waals surface area contributed by atoms with E-state index in [0.717, 1.165) is 30.1 Å². The Hall–Kier alpha value is -1.28. The lowest BCUT2D eigenvalue weighted by Gasteiger charge is -2.23. The summed E-state index contributed by atoms with van der Waals surface area (Å²) in [6.07, 6.45) is 10.3. The lowest BCUT2D eigenvalue weighted by atomic mass is 9.84. The number of furan rings is 1. The number of benzene rings is 1. The fourth-order valence-electron chi connectivity index (χ4n) is 3.82. The fraction of sp³-hybridized carbons (Fsp3) is 0.579. The van der Waals surface area contributed by atoms with Gasteiger partial charge in [-0.05, 0) is 24.8 Å². The molecule has 1 heterocycles. The zero-order valence-corrected chi connectivity index (χ0v) is 13.1. The van der Waals surface area contributed by atoms with Gasteiger partial charge < -0.3 is 10.2 Å². The summed E-state index contributed by atoms with van der Waals surface area (Å²) in [5.74, 6) is 1.97. The Kier molecular flexibility index (Phi) is 4.64. The monoisotopic (exact) mass is 285 g/mol. The average molecular weight is 285 g/mol. The predicted molar refractivity (Wildman–Crippen MR) is 88.3 cm³/mol. The van der Waals surface area contributed by atoms with Gasteiger partial charge in [0.25, 0.3) is 0 Å². The quantitative estimate of drug-likeness (QED) is 0.803. The molecule has 1 aliphatic carbocycles. The maximum absolute atomic E-state index is 6.54. The maximum Gasteiger partial charge on any atom is 0.134 e. The maximum atomic E-state index is 6.54. The molecule has 1 fully saturated rings. The van der Waals surface area contributed by atoms with Crippen molar-refractivity contribution in [3.05, 3.63) is 35.6 Å². The van der Waals surface area contributed by atoms with Crippen LogP contribution in [0.3, 0.4) is 0 Å². The second-order valence-electron chi connectivity index (χ2n) is 6.48. The molecule has 0 radical (unpaired) electrons. The summed E-state index contributed by atoms with van der Waals surface area (Å²) in [5, 5.41) is 1.21. The van der Waals surface area contributed by atoms with Crippen LogP contribution in [0.5, 0.6) is 0 Å². The molecule has 1 aromatic carbocycles. The predicted octanol–water partition coefficient (Wildman–Crippen LogP) is 5.36. The van der Waals surface area contributed by atoms with Gasteiger partial charge in [-0.3, -0.25) is 0 Å². The van der Waals surface area contributed by atoms with Crippen LogP contribution in [0, 0.1) is 5.92 Å². The topological polar surface area (TPSA) is 39.2 Å². The van der Waals surface area contributed by atoms with Crippen LogP contribution in [0.25, 0.3) is 11.0 Å². The molecule has 2 N–H and O–H groups in total. The standard InChI is InChI=1S/C19H27NO/c1-2-17-19(15-10-6-7-11-18(15)21-17)16(20)13-12-14-8-4-3-5-9-14/h6-7,10-11,14,16H,2-5,8-9,12-13,20H2,1H3. The lowest BCUT2D eigenvalue weighted by Crippen LogP contribution is -2.15. The lowest BCUT2D eigenvalue weighted by molar-refractivity contribution is 0.323. The number of hydrogen-bond donors (Lipinski definition) is 1. The van der Waals surface area contributed by atoms with Crippen LogP contribution in [0.4, 0.5) is 0 Å². The van der Waals surface area contributed by atoms with Crippen LogP contribution in [0.2, 0.25) is 0 Å². The molecule has 2 heteroatoms. The summed E-state index contributed by atoms with van der Waals surface area (Å²) in [6.45, 7) is 2.15. The highest BCUT2D eigenvalue weighted by molar-refractivity contribution is 5.82. The summed E-state index contributed by atoms with van der Waals surface area (Å²) in [5.41, 5.74) is 8.78. The molecule has 1 aromatic heterocycles. The Labute approximate surface area is 127 Å². The molecule has 1 aliphatic rings. The smallest absolute Gasteiger partial charge is 0.134 e. The number of aryl methyl sites for hydroxylation is 1. The zero-order valence-electron chi connectivity index (χ0n) is 13.1. The fourth-order valence-corrected chi connectivity index (χ4v) is 3.82. The van der Waals surface area contributed by atoms with Gasteiger partial charge in [0.15, 0.2) is 0 Å². The van der Waals surface area contributed by atoms with E-state index in [9.17, 15) is 0 Å². The van der Waals surface area contributed by atoms with Crippen LogP contribution in [-0.2, 0) is 6.42 Å². The second kappa shape index (κ2) is 6.65. The first-order valence-electron chi connectivity index (χ1n) is 8.55. The first kappa shape index (κ1) is 14.6. The van der Waals surface area contributed by atoms with E-state index in [1.807, 2.05) is 12.1 Å². The highest BCUT2D eigenvalue weighted by Crippen LogP contribution is 2.34. The van der Waals surface area contributed by atoms with Gasteiger partial charge in [-0.25, -0.2) is 0 Å². The number of nitrogens with two attached hydrogens (primary N) is 1. The summed E-state index contributed by atoms with van der Waals surface area (Å²) in [7, 11) is 0. The molecule has 2 nitrogen and oxygen atoms in total. The van der Waals surface area contributed by atoms with E-state index in [-0.39, 0.29) is 6.04 Å². The van der Waals surface area contributed by atoms with Gasteiger partial charge in [-0.2, -0.15) is 0 Å². The number of para-hydroxylation sites is 1. The van der Waals surface area contributed by atoms with Gasteiger partial charge in [0, 0.05) is 23.4 Å². The van der Waals surface area contributed by atoms with Crippen LogP contribution in [0.1, 0.15) is 69.2 Å². The van der Waals surface area contributed by atoms with Crippen molar-refractivity contribution in [2.24, 2.45) is 11.7 Å². The molecule has 1 saturated carbocycles. The summed E-state index contributed by atoms with van der Waals surface area (Å²) in [6, 6.07) is 8.42. The highest BCUT2D eigenvalue weighted by atomic mass is 16.3. The Morgan fingerprint density at radius 1 is 1.19 bits per heavy atom. The minimum atomic E-state index is 0.116. The van der Waals surface area contributed by atoms with Gasteiger partial charge in [0.05, 0.1) is 0 Å². The summed E-state index contributed by atoms with van der Waals surface area (Å²) >= 11 is 0. The van der Waals surface area contributed by atoms with E-state index in [4.69, 9.17) is 10.2 Å². The summed E-state index contributed by atoms with van der Waals surface area (Å²) < 4.78 is 5.98. The minimum Gasteiger partial charge on any atom is -0.461 e. The van der Waals surface area contributed by atoms with Gasteiger partial charge >= 0.3 is 0 Å². The van der Waals surface area contributed by atoms with Crippen molar-refractivity contribution in [1.29, 1.82) is 0 Å². The van der Waals surface area contributed by atoms with Crippen molar-refractivity contribution in [1.82, 2.24) is 0 Å². The summed E-state index contributed by atoms with van der Waals surface area (Å²) in [4.78, 5) is 0. The van der Waals surface area contributed by atoms with Crippen LogP contribution < -0.4 is 5.73 Å². The molecule has 0 amide bonds. The third kappa shape index (κ3) is 3.16. The molecular formula is C19H27NO. The van der Waals surface area contributed by atoms with E-state index in [1.165, 1.54) is 49.5 Å². The van der Waals surface area contributed by atoms with Crippen molar-refractivity contribution in [2.45, 2.75) is 64.3 Å². The largest absolute Gasteiger partial charge is 0.461 e. The van der Waals surface area contributed by atoms with Crippen molar-refractivity contribution in [2.75, 3.05) is 0 Å². The molecule has 21 heavy (non-hydrogen) atoms. The molecule has 3 rings (SSSR count). The number of hydrogen-bond acceptors (Lipinski definition) is 2. The van der Waals surface area contributed by atoms with Crippen molar-refractivity contribution < 1.29 is 4.42 Å². The number of rotatable bonds is 5. The first-order valence-corrected chi connectivity index (χ1v) is 8.55. The molecule has 2 aromatic rings. The Morgan fingerprint density at radius 3 is 2.71 bits per heavy atom. The molecule has 0 spiro atoms. The van der Waals surface area contributed by atoms with E-state index in [0.29, 0.717) is 0 Å². The average Bonchev–Trinajstić information content (AvgIpc) is 2.92. The molecule has 0 bridgehead atoms. The van der Waals surface area contributed by atoms with E-state index in [2.05, 4.69) is 19.1 Å². The van der Waals surface area contributed by atoms with E-state index >= 15 is 0 Å². The molecule has 0 saturated heterocycles. The van der Waals surface area contributed by atoms with E-state index < -0.39 is 0 Å². The molecule has 0 aliphatic heterocycles. The Morgan fingerprint density at radius 2 is 1.95 bits per heavy atom. The van der Waals surface area contributed by atoms with Gasteiger partial charge in [0.1, 0.15) is 11.3 Å². The number of fused-ring (bicyclic) bond motifs is 1.